The molecule has 3 aromatic rings. The summed E-state index contributed by atoms with van der Waals surface area (Å²) in [6.45, 7) is 3.61. The van der Waals surface area contributed by atoms with Gasteiger partial charge in [-0.1, -0.05) is 11.6 Å². The van der Waals surface area contributed by atoms with E-state index in [-0.39, 0.29) is 6.03 Å². The Hall–Kier alpha value is -3.03. The number of nitrogens with one attached hydrogen (secondary N) is 2. The summed E-state index contributed by atoms with van der Waals surface area (Å²) in [5.41, 5.74) is 3.10. The molecule has 1 aliphatic rings. The largest absolute Gasteiger partial charge is 0.492 e. The van der Waals surface area contributed by atoms with Gasteiger partial charge in [0.2, 0.25) is 0 Å². The minimum Gasteiger partial charge on any atom is -0.492 e. The van der Waals surface area contributed by atoms with Crippen LogP contribution in [0.1, 0.15) is 12.8 Å². The molecule has 4 rings (SSSR count). The van der Waals surface area contributed by atoms with E-state index in [4.69, 9.17) is 16.3 Å². The zero-order valence-corrected chi connectivity index (χ0v) is 18.8. The van der Waals surface area contributed by atoms with Crippen molar-refractivity contribution >= 4 is 29.0 Å². The highest BCUT2D eigenvalue weighted by Crippen LogP contribution is 2.32. The molecule has 1 saturated heterocycles. The normalized spacial score (nSPS) is 14.2. The van der Waals surface area contributed by atoms with Crippen molar-refractivity contribution in [1.29, 1.82) is 0 Å². The Labute approximate surface area is 193 Å². The van der Waals surface area contributed by atoms with Crippen LogP contribution in [0.2, 0.25) is 5.02 Å². The summed E-state index contributed by atoms with van der Waals surface area (Å²) in [4.78, 5) is 14.8. The zero-order valence-electron chi connectivity index (χ0n) is 18.1. The van der Waals surface area contributed by atoms with Crippen LogP contribution in [0.3, 0.4) is 0 Å². The van der Waals surface area contributed by atoms with Crippen molar-refractivity contribution in [3.63, 3.8) is 0 Å². The van der Waals surface area contributed by atoms with E-state index in [0.29, 0.717) is 23.0 Å². The number of halogens is 1. The molecule has 1 fully saturated rings. The molecule has 2 heterocycles. The molecule has 0 unspecified atom stereocenters. The molecule has 167 valence electrons. The molecule has 2 aromatic carbocycles. The summed E-state index contributed by atoms with van der Waals surface area (Å²) in [5.74, 6) is 0.762. The molecule has 7 nitrogen and oxygen atoms in total. The molecular formula is C24H27ClN5O2. The third kappa shape index (κ3) is 5.81. The predicted molar refractivity (Wildman–Crippen MR) is 128 cm³/mol. The van der Waals surface area contributed by atoms with E-state index in [1.54, 1.807) is 35.1 Å². The van der Waals surface area contributed by atoms with E-state index in [1.807, 2.05) is 31.3 Å². The lowest BCUT2D eigenvalue weighted by atomic mass is 10.1. The minimum atomic E-state index is -0.335. The fourth-order valence-corrected chi connectivity index (χ4v) is 3.84. The van der Waals surface area contributed by atoms with Crippen LogP contribution in [0.5, 0.6) is 5.75 Å². The molecule has 2 amide bonds. The average Bonchev–Trinajstić information content (AvgIpc) is 3.22. The van der Waals surface area contributed by atoms with Gasteiger partial charge in [0.1, 0.15) is 12.4 Å². The molecule has 0 atom stereocenters. The smallest absolute Gasteiger partial charge is 0.323 e. The number of anilines is 2. The standard InChI is InChI=1S/C24H27ClN5O2/c1-29-22(11-12-26-29)21-17-20(28-24(31)27-19-7-5-18(25)6-8-19)9-10-23(21)32-16-15-30-13-3-2-4-14-30/h3,5-12,17H,2,4,13-16H2,1H3,(H2,27,28,31). The van der Waals surface area contributed by atoms with Crippen LogP contribution >= 0.6 is 11.6 Å². The lowest BCUT2D eigenvalue weighted by molar-refractivity contribution is 0.203. The Balaban J connectivity index is 1.46. The van der Waals surface area contributed by atoms with Gasteiger partial charge >= 0.3 is 6.03 Å². The number of aryl methyl sites for hydroxylation is 1. The van der Waals surface area contributed by atoms with Crippen LogP contribution in [0, 0.1) is 6.42 Å². The van der Waals surface area contributed by atoms with E-state index in [1.165, 1.54) is 12.8 Å². The quantitative estimate of drug-likeness (QED) is 0.525. The lowest BCUT2D eigenvalue weighted by Gasteiger charge is -2.26. The number of rotatable bonds is 7. The van der Waals surface area contributed by atoms with Crippen LogP contribution in [0.4, 0.5) is 16.2 Å². The monoisotopic (exact) mass is 452 g/mol. The number of hydrogen-bond acceptors (Lipinski definition) is 4. The van der Waals surface area contributed by atoms with Gasteiger partial charge in [-0.15, -0.1) is 0 Å². The van der Waals surface area contributed by atoms with Gasteiger partial charge in [0.05, 0.1) is 5.69 Å². The first-order valence-corrected chi connectivity index (χ1v) is 11.1. The number of aromatic nitrogens is 2. The van der Waals surface area contributed by atoms with Gasteiger partial charge in [-0.25, -0.2) is 4.79 Å². The number of amides is 2. The van der Waals surface area contributed by atoms with E-state index in [2.05, 4.69) is 27.1 Å². The van der Waals surface area contributed by atoms with Crippen molar-refractivity contribution in [2.45, 2.75) is 12.8 Å². The third-order valence-corrected chi connectivity index (χ3v) is 5.62. The number of piperidine rings is 1. The predicted octanol–water partition coefficient (Wildman–Crippen LogP) is 5.06. The highest BCUT2D eigenvalue weighted by Gasteiger charge is 2.14. The van der Waals surface area contributed by atoms with Crippen molar-refractivity contribution in [3.05, 3.63) is 66.2 Å². The summed E-state index contributed by atoms with van der Waals surface area (Å²) in [6.07, 6.45) is 6.47. The Morgan fingerprint density at radius 3 is 2.62 bits per heavy atom. The van der Waals surface area contributed by atoms with Crippen LogP contribution in [0.15, 0.2) is 54.7 Å². The van der Waals surface area contributed by atoms with Gasteiger partial charge in [-0.05, 0) is 74.3 Å². The van der Waals surface area contributed by atoms with Gasteiger partial charge in [0.15, 0.2) is 0 Å². The Morgan fingerprint density at radius 1 is 1.12 bits per heavy atom. The first-order valence-electron chi connectivity index (χ1n) is 10.7. The number of carbonyl (C=O) groups is 1. The molecule has 32 heavy (non-hydrogen) atoms. The fraction of sp³-hybridized carbons (Fsp3) is 0.292. The maximum Gasteiger partial charge on any atom is 0.323 e. The maximum absolute atomic E-state index is 12.5. The summed E-state index contributed by atoms with van der Waals surface area (Å²) < 4.78 is 7.94. The number of hydrogen-bond donors (Lipinski definition) is 2. The molecule has 1 aromatic heterocycles. The van der Waals surface area contributed by atoms with Gasteiger partial charge in [0, 0.05) is 48.3 Å². The molecule has 2 N–H and O–H groups in total. The van der Waals surface area contributed by atoms with Gasteiger partial charge < -0.3 is 15.4 Å². The van der Waals surface area contributed by atoms with Crippen LogP contribution in [0.25, 0.3) is 11.3 Å². The van der Waals surface area contributed by atoms with Gasteiger partial charge in [-0.2, -0.15) is 5.10 Å². The SMILES string of the molecule is Cn1nccc1-c1cc(NC(=O)Nc2ccc(Cl)cc2)ccc1OCCN1C[CH]CCC1. The molecule has 1 radical (unpaired) electrons. The van der Waals surface area contributed by atoms with Crippen molar-refractivity contribution in [3.8, 4) is 17.0 Å². The van der Waals surface area contributed by atoms with Gasteiger partial charge in [-0.3, -0.25) is 9.58 Å². The van der Waals surface area contributed by atoms with Crippen LogP contribution in [-0.4, -0.2) is 47.0 Å². The summed E-state index contributed by atoms with van der Waals surface area (Å²) in [5, 5.41) is 10.6. The van der Waals surface area contributed by atoms with Crippen molar-refractivity contribution in [2.75, 3.05) is 36.9 Å². The maximum atomic E-state index is 12.5. The number of benzene rings is 2. The molecule has 0 saturated carbocycles. The van der Waals surface area contributed by atoms with Crippen molar-refractivity contribution < 1.29 is 9.53 Å². The number of nitrogens with zero attached hydrogens (tertiary/aromatic N) is 3. The second kappa shape index (κ2) is 10.5. The van der Waals surface area contributed by atoms with Gasteiger partial charge in [0.25, 0.3) is 0 Å². The molecule has 0 aliphatic carbocycles. The topological polar surface area (TPSA) is 71.4 Å². The molecule has 8 heteroatoms. The number of carbonyl (C=O) groups excluding carboxylic acids is 1. The molecular weight excluding hydrogens is 426 g/mol. The minimum absolute atomic E-state index is 0.335. The van der Waals surface area contributed by atoms with Crippen molar-refractivity contribution in [2.24, 2.45) is 7.05 Å². The number of urea groups is 1. The zero-order chi connectivity index (χ0) is 22.3. The average molecular weight is 453 g/mol. The number of ether oxygens (including phenoxy) is 1. The second-order valence-corrected chi connectivity index (χ2v) is 8.15. The van der Waals surface area contributed by atoms with Crippen molar-refractivity contribution in [1.82, 2.24) is 14.7 Å². The Morgan fingerprint density at radius 2 is 1.91 bits per heavy atom. The highest BCUT2D eigenvalue weighted by molar-refractivity contribution is 6.30. The van der Waals surface area contributed by atoms with E-state index >= 15 is 0 Å². The molecule has 0 spiro atoms. The summed E-state index contributed by atoms with van der Waals surface area (Å²) >= 11 is 5.90. The molecule has 1 aliphatic heterocycles. The fourth-order valence-electron chi connectivity index (χ4n) is 3.71. The Bertz CT molecular complexity index is 1040. The highest BCUT2D eigenvalue weighted by atomic mass is 35.5. The Kier molecular flexibility index (Phi) is 7.29. The first kappa shape index (κ1) is 22.2. The van der Waals surface area contributed by atoms with Crippen LogP contribution < -0.4 is 15.4 Å². The molecule has 0 bridgehead atoms. The number of likely N-dealkylation sites (tertiary alicyclic amines) is 1. The van der Waals surface area contributed by atoms with E-state index < -0.39 is 0 Å². The first-order chi connectivity index (χ1) is 15.6. The second-order valence-electron chi connectivity index (χ2n) is 7.72. The third-order valence-electron chi connectivity index (χ3n) is 5.37. The lowest BCUT2D eigenvalue weighted by Crippen LogP contribution is -2.33. The van der Waals surface area contributed by atoms with E-state index in [9.17, 15) is 4.79 Å². The van der Waals surface area contributed by atoms with Crippen LogP contribution in [-0.2, 0) is 7.05 Å². The summed E-state index contributed by atoms with van der Waals surface area (Å²) in [6, 6.07) is 14.2. The summed E-state index contributed by atoms with van der Waals surface area (Å²) in [7, 11) is 1.88. The van der Waals surface area contributed by atoms with E-state index in [0.717, 1.165) is 36.6 Å².